The molecule has 2 aliphatic heterocycles. The van der Waals surface area contributed by atoms with Crippen LogP contribution in [-0.4, -0.2) is 61.4 Å². The van der Waals surface area contributed by atoms with Crippen molar-refractivity contribution in [2.75, 3.05) is 47.8 Å². The molecule has 0 atom stereocenters. The number of anilines is 3. The summed E-state index contributed by atoms with van der Waals surface area (Å²) < 4.78 is 0. The van der Waals surface area contributed by atoms with E-state index in [1.807, 2.05) is 23.1 Å². The Morgan fingerprint density at radius 1 is 0.909 bits per heavy atom. The molecule has 0 radical (unpaired) electrons. The van der Waals surface area contributed by atoms with Crippen LogP contribution in [-0.2, 0) is 14.4 Å². The number of rotatable bonds is 7. The van der Waals surface area contributed by atoms with Crippen molar-refractivity contribution in [3.63, 3.8) is 0 Å². The first-order valence-corrected chi connectivity index (χ1v) is 11.1. The van der Waals surface area contributed by atoms with Crippen molar-refractivity contribution in [2.24, 2.45) is 0 Å². The molecule has 9 nitrogen and oxygen atoms in total. The first-order valence-electron chi connectivity index (χ1n) is 11.1. The Labute approximate surface area is 192 Å². The van der Waals surface area contributed by atoms with Crippen LogP contribution in [0.4, 0.5) is 21.9 Å². The third-order valence-corrected chi connectivity index (χ3v) is 5.73. The largest absolute Gasteiger partial charge is 0.354 e. The lowest BCUT2D eigenvalue weighted by molar-refractivity contribution is -0.127. The summed E-state index contributed by atoms with van der Waals surface area (Å²) in [7, 11) is 0. The maximum absolute atomic E-state index is 12.9. The summed E-state index contributed by atoms with van der Waals surface area (Å²) >= 11 is 0. The van der Waals surface area contributed by atoms with E-state index in [4.69, 9.17) is 0 Å². The number of hydrogen-bond donors (Lipinski definition) is 2. The molecule has 33 heavy (non-hydrogen) atoms. The number of amides is 5. The zero-order valence-electron chi connectivity index (χ0n) is 18.3. The molecule has 5 amide bonds. The van der Waals surface area contributed by atoms with E-state index in [2.05, 4.69) is 10.6 Å². The molecule has 0 saturated carbocycles. The van der Waals surface area contributed by atoms with E-state index in [0.717, 1.165) is 13.0 Å². The van der Waals surface area contributed by atoms with Crippen molar-refractivity contribution in [3.05, 3.63) is 54.6 Å². The lowest BCUT2D eigenvalue weighted by Gasteiger charge is -2.35. The van der Waals surface area contributed by atoms with Gasteiger partial charge in [-0.05, 0) is 37.1 Å². The zero-order valence-corrected chi connectivity index (χ0v) is 18.3. The van der Waals surface area contributed by atoms with Gasteiger partial charge in [0.05, 0.1) is 11.4 Å². The molecule has 1 saturated heterocycles. The Morgan fingerprint density at radius 3 is 2.36 bits per heavy atom. The molecule has 0 unspecified atom stereocenters. The highest BCUT2D eigenvalue weighted by Gasteiger charge is 2.33. The number of para-hydroxylation sites is 3. The van der Waals surface area contributed by atoms with Crippen molar-refractivity contribution < 1.29 is 19.2 Å². The van der Waals surface area contributed by atoms with Gasteiger partial charge in [-0.3, -0.25) is 24.2 Å². The summed E-state index contributed by atoms with van der Waals surface area (Å²) in [5.41, 5.74) is 1.70. The van der Waals surface area contributed by atoms with Crippen molar-refractivity contribution >= 4 is 40.8 Å². The van der Waals surface area contributed by atoms with Gasteiger partial charge < -0.3 is 15.5 Å². The minimum Gasteiger partial charge on any atom is -0.354 e. The lowest BCUT2D eigenvalue weighted by Crippen LogP contribution is -2.52. The Bertz CT molecular complexity index is 1040. The van der Waals surface area contributed by atoms with Gasteiger partial charge in [0.15, 0.2) is 0 Å². The van der Waals surface area contributed by atoms with Crippen molar-refractivity contribution in [1.29, 1.82) is 0 Å². The second-order valence-corrected chi connectivity index (χ2v) is 8.04. The fourth-order valence-electron chi connectivity index (χ4n) is 4.07. The molecule has 9 heteroatoms. The number of fused-ring (bicyclic) bond motifs is 1. The second kappa shape index (κ2) is 10.2. The quantitative estimate of drug-likeness (QED) is 0.633. The first-order chi connectivity index (χ1) is 16.0. The summed E-state index contributed by atoms with van der Waals surface area (Å²) in [4.78, 5) is 54.5. The molecule has 0 spiro atoms. The van der Waals surface area contributed by atoms with Gasteiger partial charge in [-0.1, -0.05) is 30.3 Å². The number of likely N-dealkylation sites (tertiary alicyclic amines) is 1. The third kappa shape index (κ3) is 5.31. The van der Waals surface area contributed by atoms with Crippen molar-refractivity contribution in [1.82, 2.24) is 10.2 Å². The van der Waals surface area contributed by atoms with E-state index in [9.17, 15) is 19.2 Å². The van der Waals surface area contributed by atoms with Crippen LogP contribution >= 0.6 is 0 Å². The Balaban J connectivity index is 1.36. The standard InChI is InChI=1S/C24H27N5O4/c30-21(25-13-7-15-27-14-6-12-22(27)31)16-28-19-10-4-5-11-20(19)29(17-23(28)32)24(33)26-18-8-2-1-3-9-18/h1-5,8-11H,6-7,12-17H2,(H,25,30)(H,26,33). The van der Waals surface area contributed by atoms with E-state index in [1.165, 1.54) is 9.80 Å². The Kier molecular flexibility index (Phi) is 6.87. The molecule has 0 bridgehead atoms. The van der Waals surface area contributed by atoms with Crippen LogP contribution in [0, 0.1) is 0 Å². The average molecular weight is 450 g/mol. The number of hydrogen-bond acceptors (Lipinski definition) is 4. The fourth-order valence-corrected chi connectivity index (χ4v) is 4.07. The molecule has 2 heterocycles. The number of carbonyl (C=O) groups is 4. The Hall–Kier alpha value is -3.88. The Morgan fingerprint density at radius 2 is 1.64 bits per heavy atom. The van der Waals surface area contributed by atoms with E-state index in [-0.39, 0.29) is 30.8 Å². The first kappa shape index (κ1) is 22.3. The third-order valence-electron chi connectivity index (χ3n) is 5.73. The van der Waals surface area contributed by atoms with Crippen LogP contribution < -0.4 is 20.4 Å². The smallest absolute Gasteiger partial charge is 0.326 e. The summed E-state index contributed by atoms with van der Waals surface area (Å²) in [5, 5.41) is 5.62. The highest BCUT2D eigenvalue weighted by Crippen LogP contribution is 2.33. The molecule has 172 valence electrons. The van der Waals surface area contributed by atoms with Crippen LogP contribution in [0.25, 0.3) is 0 Å². The molecule has 2 N–H and O–H groups in total. The van der Waals surface area contributed by atoms with Crippen LogP contribution in [0.15, 0.2) is 54.6 Å². The normalized spacial score (nSPS) is 15.5. The average Bonchev–Trinajstić information content (AvgIpc) is 3.23. The van der Waals surface area contributed by atoms with Gasteiger partial charge in [0.1, 0.15) is 13.1 Å². The summed E-state index contributed by atoms with van der Waals surface area (Å²) in [5.74, 6) is -0.458. The molecule has 0 aliphatic carbocycles. The van der Waals surface area contributed by atoms with Gasteiger partial charge in [0.25, 0.3) is 0 Å². The summed E-state index contributed by atoms with van der Waals surface area (Å²) in [6.45, 7) is 1.53. The van der Waals surface area contributed by atoms with Crippen LogP contribution in [0.1, 0.15) is 19.3 Å². The molecule has 0 aromatic heterocycles. The van der Waals surface area contributed by atoms with Gasteiger partial charge >= 0.3 is 6.03 Å². The molecular weight excluding hydrogens is 422 g/mol. The van der Waals surface area contributed by atoms with Crippen LogP contribution in [0.3, 0.4) is 0 Å². The zero-order chi connectivity index (χ0) is 23.2. The molecule has 2 aliphatic rings. The molecule has 4 rings (SSSR count). The highest BCUT2D eigenvalue weighted by atomic mass is 16.2. The fraction of sp³-hybridized carbons (Fsp3) is 0.333. The number of nitrogens with one attached hydrogen (secondary N) is 2. The van der Waals surface area contributed by atoms with Gasteiger partial charge in [0.2, 0.25) is 17.7 Å². The number of nitrogens with zero attached hydrogens (tertiary/aromatic N) is 3. The minimum absolute atomic E-state index is 0.132. The SMILES string of the molecule is O=C(CN1C(=O)CN(C(=O)Nc2ccccc2)c2ccccc21)NCCCN1CCCC1=O. The maximum atomic E-state index is 12.9. The van der Waals surface area contributed by atoms with Gasteiger partial charge in [0, 0.05) is 31.7 Å². The molecular formula is C24H27N5O4. The minimum atomic E-state index is -0.414. The van der Waals surface area contributed by atoms with Gasteiger partial charge in [-0.15, -0.1) is 0 Å². The van der Waals surface area contributed by atoms with Crippen molar-refractivity contribution in [2.45, 2.75) is 19.3 Å². The van der Waals surface area contributed by atoms with E-state index in [1.54, 1.807) is 36.4 Å². The van der Waals surface area contributed by atoms with E-state index < -0.39 is 6.03 Å². The van der Waals surface area contributed by atoms with E-state index in [0.29, 0.717) is 43.0 Å². The monoisotopic (exact) mass is 449 g/mol. The predicted molar refractivity (Wildman–Crippen MR) is 125 cm³/mol. The maximum Gasteiger partial charge on any atom is 0.326 e. The number of urea groups is 1. The van der Waals surface area contributed by atoms with Gasteiger partial charge in [-0.2, -0.15) is 0 Å². The summed E-state index contributed by atoms with van der Waals surface area (Å²) in [6.07, 6.45) is 2.15. The lowest BCUT2D eigenvalue weighted by atomic mass is 10.1. The number of carbonyl (C=O) groups excluding carboxylic acids is 4. The summed E-state index contributed by atoms with van der Waals surface area (Å²) in [6, 6.07) is 15.6. The molecule has 2 aromatic carbocycles. The van der Waals surface area contributed by atoms with Crippen molar-refractivity contribution in [3.8, 4) is 0 Å². The number of benzene rings is 2. The van der Waals surface area contributed by atoms with Crippen LogP contribution in [0.5, 0.6) is 0 Å². The van der Waals surface area contributed by atoms with Gasteiger partial charge in [-0.25, -0.2) is 4.79 Å². The van der Waals surface area contributed by atoms with E-state index >= 15 is 0 Å². The second-order valence-electron chi connectivity index (χ2n) is 8.04. The molecule has 2 aromatic rings. The highest BCUT2D eigenvalue weighted by molar-refractivity contribution is 6.15. The van der Waals surface area contributed by atoms with Crippen LogP contribution in [0.2, 0.25) is 0 Å². The predicted octanol–water partition coefficient (Wildman–Crippen LogP) is 2.20. The topological polar surface area (TPSA) is 102 Å². The molecule has 1 fully saturated rings.